The van der Waals surface area contributed by atoms with Crippen LogP contribution in [0.4, 0.5) is 5.69 Å². The van der Waals surface area contributed by atoms with Crippen molar-refractivity contribution in [3.63, 3.8) is 0 Å². The van der Waals surface area contributed by atoms with Crippen LogP contribution in [0.1, 0.15) is 70.9 Å². The third-order valence-corrected chi connectivity index (χ3v) is 6.27. The van der Waals surface area contributed by atoms with Crippen LogP contribution in [-0.2, 0) is 25.6 Å². The van der Waals surface area contributed by atoms with Crippen molar-refractivity contribution in [3.05, 3.63) is 52.6 Å². The van der Waals surface area contributed by atoms with E-state index in [1.54, 1.807) is 14.0 Å². The molecule has 1 unspecified atom stereocenters. The molecule has 1 aromatic rings. The standard InChI is InChI=1S/C29H42N2O4/c1-7-24(16-21(4)19-32)28(20(2)3)31-27-17-23(13-12-22(27)5)18-30-26(14-15-34-6)29(33)35-25-10-8-9-11-25/h7,12-13,16-17,19-20,25-26,30H,8-11,14-15,18H2,1-6H3/b21-16-,24-7+,31-28?. The van der Waals surface area contributed by atoms with Gasteiger partial charge in [-0.1, -0.05) is 32.1 Å². The van der Waals surface area contributed by atoms with Gasteiger partial charge >= 0.3 is 5.97 Å². The Labute approximate surface area is 210 Å². The smallest absolute Gasteiger partial charge is 0.323 e. The summed E-state index contributed by atoms with van der Waals surface area (Å²) in [5, 5.41) is 3.37. The molecule has 1 aliphatic carbocycles. The highest BCUT2D eigenvalue weighted by Gasteiger charge is 2.25. The molecule has 0 aromatic heterocycles. The lowest BCUT2D eigenvalue weighted by molar-refractivity contribution is -0.151. The lowest BCUT2D eigenvalue weighted by Crippen LogP contribution is -2.40. The zero-order valence-electron chi connectivity index (χ0n) is 22.2. The molecule has 1 atom stereocenters. The van der Waals surface area contributed by atoms with Crippen molar-refractivity contribution in [1.82, 2.24) is 5.32 Å². The Morgan fingerprint density at radius 2 is 1.97 bits per heavy atom. The van der Waals surface area contributed by atoms with Crippen LogP contribution in [0.15, 0.2) is 46.5 Å². The van der Waals surface area contributed by atoms with E-state index >= 15 is 0 Å². The van der Waals surface area contributed by atoms with Gasteiger partial charge in [-0.15, -0.1) is 0 Å². The molecule has 192 valence electrons. The zero-order chi connectivity index (χ0) is 25.8. The zero-order valence-corrected chi connectivity index (χ0v) is 22.2. The number of hydrogen-bond donors (Lipinski definition) is 1. The van der Waals surface area contributed by atoms with E-state index in [1.807, 2.05) is 26.0 Å². The average molecular weight is 483 g/mol. The molecule has 35 heavy (non-hydrogen) atoms. The summed E-state index contributed by atoms with van der Waals surface area (Å²) >= 11 is 0. The first-order valence-corrected chi connectivity index (χ1v) is 12.7. The van der Waals surface area contributed by atoms with Crippen molar-refractivity contribution in [2.24, 2.45) is 10.9 Å². The fourth-order valence-electron chi connectivity index (χ4n) is 4.16. The summed E-state index contributed by atoms with van der Waals surface area (Å²) in [6.45, 7) is 11.0. The summed E-state index contributed by atoms with van der Waals surface area (Å²) in [6.07, 6.45) is 9.48. The monoisotopic (exact) mass is 482 g/mol. The van der Waals surface area contributed by atoms with Gasteiger partial charge in [-0.25, -0.2) is 0 Å². The van der Waals surface area contributed by atoms with Crippen LogP contribution < -0.4 is 5.32 Å². The summed E-state index contributed by atoms with van der Waals surface area (Å²) in [6, 6.07) is 5.75. The molecule has 0 aliphatic heterocycles. The third-order valence-electron chi connectivity index (χ3n) is 6.27. The first-order chi connectivity index (χ1) is 16.8. The number of esters is 1. The Hall–Kier alpha value is -2.57. The first kappa shape index (κ1) is 28.7. The molecule has 2 rings (SSSR count). The molecular formula is C29H42N2O4. The van der Waals surface area contributed by atoms with Gasteiger partial charge in [0.25, 0.3) is 0 Å². The Balaban J connectivity index is 2.22. The van der Waals surface area contributed by atoms with Crippen molar-refractivity contribution in [3.8, 4) is 0 Å². The first-order valence-electron chi connectivity index (χ1n) is 12.7. The highest BCUT2D eigenvalue weighted by atomic mass is 16.5. The normalized spacial score (nSPS) is 16.6. The topological polar surface area (TPSA) is 77.0 Å². The Bertz CT molecular complexity index is 940. The number of allylic oxidation sites excluding steroid dienone is 4. The van der Waals surface area contributed by atoms with Gasteiger partial charge < -0.3 is 14.8 Å². The highest BCUT2D eigenvalue weighted by molar-refractivity contribution is 6.06. The van der Waals surface area contributed by atoms with Crippen molar-refractivity contribution < 1.29 is 19.1 Å². The van der Waals surface area contributed by atoms with Gasteiger partial charge in [-0.2, -0.15) is 0 Å². The molecule has 0 saturated heterocycles. The summed E-state index contributed by atoms with van der Waals surface area (Å²) in [7, 11) is 1.64. The quantitative estimate of drug-likeness (QED) is 0.126. The summed E-state index contributed by atoms with van der Waals surface area (Å²) < 4.78 is 11.0. The summed E-state index contributed by atoms with van der Waals surface area (Å²) in [5.74, 6) is -0.0154. The van der Waals surface area contributed by atoms with Crippen LogP contribution in [0.5, 0.6) is 0 Å². The molecule has 1 fully saturated rings. The van der Waals surface area contributed by atoms with E-state index in [2.05, 4.69) is 37.4 Å². The average Bonchev–Trinajstić information content (AvgIpc) is 3.35. The summed E-state index contributed by atoms with van der Waals surface area (Å²) in [5.41, 5.74) is 5.52. The molecule has 0 bridgehead atoms. The third kappa shape index (κ3) is 9.19. The minimum absolute atomic E-state index is 0.0434. The molecule has 1 aliphatic rings. The lowest BCUT2D eigenvalue weighted by Gasteiger charge is -2.20. The maximum absolute atomic E-state index is 12.8. The minimum atomic E-state index is -0.416. The molecule has 0 heterocycles. The number of rotatable bonds is 13. The predicted molar refractivity (Wildman–Crippen MR) is 142 cm³/mol. The van der Waals surface area contributed by atoms with Gasteiger partial charge in [0.1, 0.15) is 18.4 Å². The Morgan fingerprint density at radius 3 is 2.57 bits per heavy atom. The van der Waals surface area contributed by atoms with Crippen LogP contribution in [0, 0.1) is 12.8 Å². The fourth-order valence-corrected chi connectivity index (χ4v) is 4.16. The second-order valence-corrected chi connectivity index (χ2v) is 9.58. The van der Waals surface area contributed by atoms with E-state index in [0.717, 1.165) is 60.1 Å². The SMILES string of the molecule is C/C=C(\C=C(\C)C=O)C(=Nc1cc(CNC(CCOC)C(=O)OC2CCCC2)ccc1C)C(C)C. The fraction of sp³-hybridized carbons (Fsp3) is 0.552. The largest absolute Gasteiger partial charge is 0.461 e. The number of aldehydes is 1. The van der Waals surface area contributed by atoms with Crippen molar-refractivity contribution in [2.75, 3.05) is 13.7 Å². The van der Waals surface area contributed by atoms with Crippen LogP contribution >= 0.6 is 0 Å². The number of methoxy groups -OCH3 is 1. The number of aryl methyl sites for hydroxylation is 1. The van der Waals surface area contributed by atoms with E-state index < -0.39 is 6.04 Å². The van der Waals surface area contributed by atoms with Crippen molar-refractivity contribution >= 4 is 23.7 Å². The predicted octanol–water partition coefficient (Wildman–Crippen LogP) is 5.80. The van der Waals surface area contributed by atoms with Crippen LogP contribution in [0.3, 0.4) is 0 Å². The Kier molecular flexibility index (Phi) is 12.1. The maximum Gasteiger partial charge on any atom is 0.323 e. The van der Waals surface area contributed by atoms with E-state index in [-0.39, 0.29) is 18.0 Å². The van der Waals surface area contributed by atoms with E-state index in [4.69, 9.17) is 14.5 Å². The second kappa shape index (κ2) is 14.7. The van der Waals surface area contributed by atoms with Gasteiger partial charge in [-0.05, 0) is 93.2 Å². The van der Waals surface area contributed by atoms with Gasteiger partial charge in [0, 0.05) is 20.3 Å². The van der Waals surface area contributed by atoms with Gasteiger partial charge in [0.15, 0.2) is 0 Å². The number of nitrogens with zero attached hydrogens (tertiary/aromatic N) is 1. The van der Waals surface area contributed by atoms with E-state index in [1.165, 1.54) is 0 Å². The Morgan fingerprint density at radius 1 is 1.26 bits per heavy atom. The number of carbonyl (C=O) groups excluding carboxylic acids is 2. The molecule has 1 aromatic carbocycles. The molecule has 0 amide bonds. The molecule has 6 nitrogen and oxygen atoms in total. The number of nitrogens with one attached hydrogen (secondary N) is 1. The number of benzene rings is 1. The molecule has 0 radical (unpaired) electrons. The number of aliphatic imine (C=N–C) groups is 1. The number of carbonyl (C=O) groups is 2. The van der Waals surface area contributed by atoms with E-state index in [0.29, 0.717) is 25.1 Å². The van der Waals surface area contributed by atoms with Crippen molar-refractivity contribution in [1.29, 1.82) is 0 Å². The van der Waals surface area contributed by atoms with Gasteiger partial charge in [-0.3, -0.25) is 14.6 Å². The minimum Gasteiger partial charge on any atom is -0.461 e. The molecule has 1 saturated carbocycles. The second-order valence-electron chi connectivity index (χ2n) is 9.58. The van der Waals surface area contributed by atoms with Crippen LogP contribution in [0.25, 0.3) is 0 Å². The molecule has 0 spiro atoms. The maximum atomic E-state index is 12.8. The van der Waals surface area contributed by atoms with Crippen LogP contribution in [0.2, 0.25) is 0 Å². The molecular weight excluding hydrogens is 440 g/mol. The lowest BCUT2D eigenvalue weighted by atomic mass is 9.97. The molecule has 6 heteroatoms. The van der Waals surface area contributed by atoms with Crippen LogP contribution in [-0.4, -0.2) is 43.8 Å². The van der Waals surface area contributed by atoms with Gasteiger partial charge in [0.05, 0.1) is 11.4 Å². The number of hydrogen-bond acceptors (Lipinski definition) is 6. The molecule has 1 N–H and O–H groups in total. The highest BCUT2D eigenvalue weighted by Crippen LogP contribution is 2.25. The summed E-state index contributed by atoms with van der Waals surface area (Å²) in [4.78, 5) is 29.0. The van der Waals surface area contributed by atoms with Crippen molar-refractivity contribution in [2.45, 2.75) is 85.4 Å². The number of ether oxygens (including phenoxy) is 2. The van der Waals surface area contributed by atoms with E-state index in [9.17, 15) is 9.59 Å². The van der Waals surface area contributed by atoms with Gasteiger partial charge in [0.2, 0.25) is 0 Å².